The van der Waals surface area contributed by atoms with E-state index in [9.17, 15) is 15.0 Å². The molecule has 12 aromatic carbocycles. The van der Waals surface area contributed by atoms with Crippen LogP contribution in [0.1, 0.15) is 85.9 Å². The third-order valence-corrected chi connectivity index (χ3v) is 20.9. The Morgan fingerprint density at radius 3 is 1.29 bits per heavy atom. The van der Waals surface area contributed by atoms with E-state index >= 15 is 4.79 Å². The molecule has 112 heavy (non-hydrogen) atoms. The van der Waals surface area contributed by atoms with Gasteiger partial charge in [0.05, 0.1) is 18.3 Å². The number of phenolic OH excluding ortho intramolecular Hbond substituents is 1. The molecule has 7 N–H and O–H groups in total. The molecule has 4 aromatic heterocycles. The van der Waals surface area contributed by atoms with Crippen LogP contribution in [0.5, 0.6) is 11.5 Å². The van der Waals surface area contributed by atoms with Gasteiger partial charge in [0, 0.05) is 5.56 Å². The van der Waals surface area contributed by atoms with Crippen LogP contribution in [0.25, 0.3) is 22.3 Å². The lowest BCUT2D eigenvalue weighted by molar-refractivity contribution is -0.177. The highest BCUT2D eigenvalue weighted by Gasteiger charge is 2.56. The second-order valence-corrected chi connectivity index (χ2v) is 27.4. The first-order chi connectivity index (χ1) is 55.1. The molecular formula is C94H80N10O8. The van der Waals surface area contributed by atoms with Gasteiger partial charge in [-0.1, -0.05) is 353 Å². The molecule has 16 rings (SSSR count). The SMILES string of the molecule is CCCOc1c(O)cccc1C(OCn1c(C(c2ccccc2)(c2ccccc2)c2ccccc2)nc2c(=O)[nH]c(NC(O)C(OCn3cnc4c(=O)[nH]c(N)nc43)C(OC(c3ccccc3)(c3ccccc3)c3ccccc3)C(c3ccccc3)(c3ccccc3)c3ccccc3)nc21)(c1ccccc1)c1ccccc1. The highest BCUT2D eigenvalue weighted by Crippen LogP contribution is 2.53. The number of anilines is 2. The van der Waals surface area contributed by atoms with Gasteiger partial charge in [0.1, 0.15) is 48.1 Å². The van der Waals surface area contributed by atoms with Crippen molar-refractivity contribution < 1.29 is 29.2 Å². The van der Waals surface area contributed by atoms with Gasteiger partial charge in [-0.15, -0.1) is 0 Å². The fraction of sp³-hybridized carbons (Fsp3) is 0.128. The van der Waals surface area contributed by atoms with Gasteiger partial charge >= 0.3 is 0 Å². The van der Waals surface area contributed by atoms with Crippen molar-refractivity contribution in [2.75, 3.05) is 17.7 Å². The summed E-state index contributed by atoms with van der Waals surface area (Å²) in [4.78, 5) is 55.6. The lowest BCUT2D eigenvalue weighted by Gasteiger charge is -2.50. The normalized spacial score (nSPS) is 12.8. The van der Waals surface area contributed by atoms with E-state index in [4.69, 9.17) is 34.6 Å². The highest BCUT2D eigenvalue weighted by molar-refractivity contribution is 5.75. The van der Waals surface area contributed by atoms with E-state index in [1.165, 1.54) is 10.9 Å². The number of imidazole rings is 2. The number of nitrogen functional groups attached to an aromatic ring is 1. The number of fused-ring (bicyclic) bond motifs is 2. The maximum Gasteiger partial charge on any atom is 0.280 e. The van der Waals surface area contributed by atoms with E-state index in [1.54, 1.807) is 12.1 Å². The molecule has 0 saturated heterocycles. The van der Waals surface area contributed by atoms with Crippen LogP contribution in [0.2, 0.25) is 0 Å². The number of nitrogens with two attached hydrogens (primary N) is 1. The van der Waals surface area contributed by atoms with Crippen molar-refractivity contribution in [2.45, 2.75) is 67.3 Å². The van der Waals surface area contributed by atoms with Crippen LogP contribution >= 0.6 is 0 Å². The van der Waals surface area contributed by atoms with Crippen molar-refractivity contribution in [3.8, 4) is 11.5 Å². The predicted molar refractivity (Wildman–Crippen MR) is 435 cm³/mol. The molecule has 0 spiro atoms. The number of aliphatic hydroxyl groups is 1. The number of aliphatic hydroxyl groups excluding tert-OH is 1. The molecule has 18 heteroatoms. The topological polar surface area (TPSA) is 243 Å². The monoisotopic (exact) mass is 1480 g/mol. The molecule has 0 bridgehead atoms. The molecule has 0 saturated carbocycles. The molecule has 0 aliphatic carbocycles. The van der Waals surface area contributed by atoms with Crippen LogP contribution in [-0.4, -0.2) is 74.3 Å². The number of aromatic hydroxyl groups is 1. The number of hydrogen-bond acceptors (Lipinski definition) is 14. The van der Waals surface area contributed by atoms with Crippen LogP contribution in [0.3, 0.4) is 0 Å². The van der Waals surface area contributed by atoms with Gasteiger partial charge in [0.25, 0.3) is 11.1 Å². The Morgan fingerprint density at radius 1 is 0.455 bits per heavy atom. The molecule has 0 aliphatic heterocycles. The first-order valence-electron chi connectivity index (χ1n) is 37.2. The summed E-state index contributed by atoms with van der Waals surface area (Å²) in [5.41, 5.74) is 7.82. The number of hydrogen-bond donors (Lipinski definition) is 6. The molecule has 0 fully saturated rings. The third kappa shape index (κ3) is 13.2. The Bertz CT molecular complexity index is 5610. The van der Waals surface area contributed by atoms with Gasteiger partial charge in [-0.25, -0.2) is 9.97 Å². The maximum atomic E-state index is 16.2. The van der Waals surface area contributed by atoms with E-state index in [2.05, 4.69) is 25.3 Å². The van der Waals surface area contributed by atoms with Gasteiger partial charge in [-0.2, -0.15) is 9.97 Å². The van der Waals surface area contributed by atoms with Crippen molar-refractivity contribution >= 4 is 34.2 Å². The molecule has 4 heterocycles. The van der Waals surface area contributed by atoms with Crippen molar-refractivity contribution in [1.82, 2.24) is 39.0 Å². The summed E-state index contributed by atoms with van der Waals surface area (Å²) in [6, 6.07) is 115. The largest absolute Gasteiger partial charge is 0.504 e. The number of rotatable bonds is 29. The van der Waals surface area contributed by atoms with E-state index in [-0.39, 0.29) is 59.1 Å². The van der Waals surface area contributed by atoms with Crippen LogP contribution in [-0.2, 0) is 49.7 Å². The fourth-order valence-electron chi connectivity index (χ4n) is 16.0. The standard InChI is InChI=1S/C94H80N10O8/c1-2-61-109-80-76(59-36-60-77(80)105)94(74-55-32-12-33-56-74,75-57-34-13-35-58-75)111-64-104-84-79(97-88(104)92(68-43-20-6-21-44-68,69-45-22-7-23-46-69)70-47-24-8-25-48-70)86(107)101-90(99-84)102-87(108)81(110-63-103-62-96-78-83(103)98-89(95)100-85(78)106)82(91(65-37-14-3-15-38-65,66-39-16-4-17-40-66)67-41-18-5-19-42-67)112-93(71-49-26-9-27-50-71,72-51-28-10-29-52-72)73-53-30-11-31-54-73/h3-60,62,81-82,87,105,108H,2,61,63-64H2,1H3,(H3,95,98,100,106)(H2,99,101,102,107). The number of phenols is 1. The summed E-state index contributed by atoms with van der Waals surface area (Å²) < 4.78 is 34.1. The van der Waals surface area contributed by atoms with Gasteiger partial charge < -0.3 is 40.2 Å². The summed E-state index contributed by atoms with van der Waals surface area (Å²) in [5, 5.41) is 29.9. The minimum atomic E-state index is -1.95. The molecule has 554 valence electrons. The molecular weight excluding hydrogens is 1400 g/mol. The van der Waals surface area contributed by atoms with Crippen molar-refractivity contribution in [3.63, 3.8) is 0 Å². The molecule has 0 amide bonds. The highest BCUT2D eigenvalue weighted by atomic mass is 16.6. The maximum absolute atomic E-state index is 16.2. The Balaban J connectivity index is 0.977. The molecule has 0 radical (unpaired) electrons. The second kappa shape index (κ2) is 31.9. The Hall–Kier alpha value is -13.6. The Kier molecular flexibility index (Phi) is 20.7. The van der Waals surface area contributed by atoms with Crippen LogP contribution in [0.4, 0.5) is 11.9 Å². The van der Waals surface area contributed by atoms with E-state index in [1.807, 2.05) is 351 Å². The van der Waals surface area contributed by atoms with Gasteiger partial charge in [-0.3, -0.25) is 28.7 Å². The number of benzene rings is 12. The second-order valence-electron chi connectivity index (χ2n) is 27.4. The lowest BCUT2D eigenvalue weighted by Crippen LogP contribution is -2.59. The lowest BCUT2D eigenvalue weighted by atomic mass is 9.63. The Labute approximate surface area is 646 Å². The number of nitrogens with one attached hydrogen (secondary N) is 3. The number of nitrogens with zero attached hydrogens (tertiary/aromatic N) is 6. The minimum Gasteiger partial charge on any atom is -0.504 e. The summed E-state index contributed by atoms with van der Waals surface area (Å²) in [6.45, 7) is 1.46. The quantitative estimate of drug-likeness (QED) is 0.0189. The average Bonchev–Trinajstić information content (AvgIpc) is 1.65. The molecule has 3 atom stereocenters. The van der Waals surface area contributed by atoms with Crippen molar-refractivity contribution in [2.24, 2.45) is 0 Å². The Morgan fingerprint density at radius 2 is 0.857 bits per heavy atom. The molecule has 0 aliphatic rings. The summed E-state index contributed by atoms with van der Waals surface area (Å²) in [6.07, 6.45) is -2.93. The minimum absolute atomic E-state index is 0.00733. The molecule has 3 unspecified atom stereocenters. The number of para-hydroxylation sites is 1. The summed E-state index contributed by atoms with van der Waals surface area (Å²) in [5.74, 6) is 0.0879. The number of ether oxygens (including phenoxy) is 4. The van der Waals surface area contributed by atoms with Crippen LogP contribution in [0.15, 0.2) is 368 Å². The third-order valence-electron chi connectivity index (χ3n) is 20.9. The van der Waals surface area contributed by atoms with Gasteiger partial charge in [0.15, 0.2) is 40.1 Å². The average molecular weight is 1480 g/mol. The van der Waals surface area contributed by atoms with Crippen molar-refractivity contribution in [1.29, 1.82) is 0 Å². The van der Waals surface area contributed by atoms with E-state index < -0.39 is 58.3 Å². The molecule has 16 aromatic rings. The summed E-state index contributed by atoms with van der Waals surface area (Å²) >= 11 is 0. The zero-order valence-electron chi connectivity index (χ0n) is 61.2. The number of aromatic amines is 2. The number of H-pyrrole nitrogens is 2. The summed E-state index contributed by atoms with van der Waals surface area (Å²) in [7, 11) is 0. The number of aromatic nitrogens is 8. The van der Waals surface area contributed by atoms with E-state index in [0.717, 1.165) is 50.1 Å². The van der Waals surface area contributed by atoms with Crippen LogP contribution < -0.4 is 26.9 Å². The van der Waals surface area contributed by atoms with Gasteiger partial charge in [0.2, 0.25) is 11.9 Å². The smallest absolute Gasteiger partial charge is 0.280 e. The van der Waals surface area contributed by atoms with E-state index in [0.29, 0.717) is 28.9 Å². The fourth-order valence-corrected chi connectivity index (χ4v) is 16.0. The first-order valence-corrected chi connectivity index (χ1v) is 37.2. The predicted octanol–water partition coefficient (Wildman–Crippen LogP) is 16.2. The molecule has 18 nitrogen and oxygen atoms in total. The van der Waals surface area contributed by atoms with Gasteiger partial charge in [-0.05, 0) is 73.7 Å². The van der Waals surface area contributed by atoms with Crippen LogP contribution in [0, 0.1) is 0 Å². The first kappa shape index (κ1) is 72.6. The zero-order chi connectivity index (χ0) is 76.5. The zero-order valence-corrected chi connectivity index (χ0v) is 61.2. The van der Waals surface area contributed by atoms with Crippen molar-refractivity contribution in [3.05, 3.63) is 451 Å².